The molecular weight excluding hydrogens is 621 g/mol. The lowest BCUT2D eigenvalue weighted by Crippen LogP contribution is -2.31. The Morgan fingerprint density at radius 1 is 1.09 bits per heavy atom. The Morgan fingerprint density at radius 2 is 1.85 bits per heavy atom. The average molecular weight is 651 g/mol. The number of thioether (sulfide) groups is 1. The summed E-state index contributed by atoms with van der Waals surface area (Å²) in [5.41, 5.74) is 4.29. The van der Waals surface area contributed by atoms with Gasteiger partial charge in [0.05, 0.1) is 29.9 Å². The van der Waals surface area contributed by atoms with Crippen LogP contribution in [0.25, 0.3) is 17.8 Å². The summed E-state index contributed by atoms with van der Waals surface area (Å²) in [4.78, 5) is 35.8. The molecule has 0 saturated carbocycles. The van der Waals surface area contributed by atoms with Crippen molar-refractivity contribution in [1.82, 2.24) is 14.8 Å². The second kappa shape index (κ2) is 13.5. The number of carbonyl (C=O) groups excluding carboxylic acids is 2. The number of amidine groups is 1. The summed E-state index contributed by atoms with van der Waals surface area (Å²) >= 11 is 1.20. The molecule has 10 nitrogen and oxygen atoms in total. The topological polar surface area (TPSA) is 111 Å². The van der Waals surface area contributed by atoms with Crippen LogP contribution >= 0.6 is 11.8 Å². The number of halogens is 3. The molecule has 1 saturated heterocycles. The molecule has 3 amide bonds. The van der Waals surface area contributed by atoms with E-state index >= 15 is 0 Å². The van der Waals surface area contributed by atoms with Gasteiger partial charge in [0.1, 0.15) is 17.8 Å². The fraction of sp³-hybridized carbons (Fsp3) is 0.219. The molecule has 1 aliphatic heterocycles. The van der Waals surface area contributed by atoms with E-state index in [1.54, 1.807) is 30.4 Å². The normalized spacial score (nSPS) is 14.5. The van der Waals surface area contributed by atoms with Gasteiger partial charge in [0.2, 0.25) is 5.91 Å². The summed E-state index contributed by atoms with van der Waals surface area (Å²) in [5, 5.41) is 7.36. The van der Waals surface area contributed by atoms with Crippen LogP contribution in [-0.2, 0) is 4.79 Å². The fourth-order valence-corrected chi connectivity index (χ4v) is 5.47. The number of alkyl halides is 3. The number of benzene rings is 3. The minimum absolute atomic E-state index is 0.148. The first kappa shape index (κ1) is 32.3. The minimum atomic E-state index is -4.77. The van der Waals surface area contributed by atoms with Crippen LogP contribution < -0.4 is 19.7 Å². The van der Waals surface area contributed by atoms with Crippen molar-refractivity contribution < 1.29 is 32.2 Å². The van der Waals surface area contributed by atoms with Gasteiger partial charge in [0.15, 0.2) is 11.0 Å². The number of aryl methyl sites for hydroxylation is 1. The van der Waals surface area contributed by atoms with Gasteiger partial charge in [-0.1, -0.05) is 49.9 Å². The van der Waals surface area contributed by atoms with Crippen LogP contribution in [0.4, 0.5) is 29.3 Å². The van der Waals surface area contributed by atoms with E-state index in [0.717, 1.165) is 22.4 Å². The maximum Gasteiger partial charge on any atom is 0.573 e. The van der Waals surface area contributed by atoms with Gasteiger partial charge in [0.25, 0.3) is 0 Å². The predicted molar refractivity (Wildman–Crippen MR) is 172 cm³/mol. The van der Waals surface area contributed by atoms with Crippen molar-refractivity contribution in [1.29, 1.82) is 0 Å². The molecule has 4 aromatic rings. The van der Waals surface area contributed by atoms with Crippen molar-refractivity contribution in [3.63, 3.8) is 0 Å². The number of methoxy groups -OCH3 is 1. The number of rotatable bonds is 8. The van der Waals surface area contributed by atoms with E-state index < -0.39 is 12.4 Å². The highest BCUT2D eigenvalue weighted by Gasteiger charge is 2.33. The Balaban J connectivity index is 1.28. The van der Waals surface area contributed by atoms with Gasteiger partial charge in [-0.05, 0) is 78.1 Å². The second-order valence-electron chi connectivity index (χ2n) is 10.4. The number of urea groups is 1. The first-order valence-electron chi connectivity index (χ1n) is 14.0. The SMILES string of the molecule is COc1cc(C=Cc2ncn(-c3ccc(OC(F)(F)F)cc3)n2)ccc1NC(=O)N=C1SCC(=O)N1c1cc(C)ccc1C(C)C. The quantitative estimate of drug-likeness (QED) is 0.211. The maximum absolute atomic E-state index is 13.0. The number of carbonyl (C=O) groups is 2. The number of aliphatic imine (C=N–C) groups is 1. The summed E-state index contributed by atoms with van der Waals surface area (Å²) in [7, 11) is 1.47. The van der Waals surface area contributed by atoms with E-state index in [0.29, 0.717) is 28.1 Å². The van der Waals surface area contributed by atoms with E-state index in [1.807, 2.05) is 39.0 Å². The van der Waals surface area contributed by atoms with Crippen LogP contribution in [0.1, 0.15) is 42.3 Å². The molecule has 3 aromatic carbocycles. The number of amides is 3. The number of nitrogens with zero attached hydrogens (tertiary/aromatic N) is 5. The summed E-state index contributed by atoms with van der Waals surface area (Å²) in [6.07, 6.45) is 0.0446. The van der Waals surface area contributed by atoms with Gasteiger partial charge in [-0.3, -0.25) is 9.69 Å². The molecular formula is C32H29F3N6O4S. The summed E-state index contributed by atoms with van der Waals surface area (Å²) in [6, 6.07) is 15.6. The molecule has 1 N–H and O–H groups in total. The lowest BCUT2D eigenvalue weighted by Gasteiger charge is -2.22. The van der Waals surface area contributed by atoms with Crippen LogP contribution in [0.5, 0.6) is 11.5 Å². The molecule has 1 aliphatic rings. The van der Waals surface area contributed by atoms with Crippen molar-refractivity contribution in [2.24, 2.45) is 4.99 Å². The van der Waals surface area contributed by atoms with Crippen LogP contribution in [-0.4, -0.2) is 51.1 Å². The smallest absolute Gasteiger partial charge is 0.495 e. The molecule has 0 atom stereocenters. The summed E-state index contributed by atoms with van der Waals surface area (Å²) in [5.74, 6) is 0.585. The highest BCUT2D eigenvalue weighted by Crippen LogP contribution is 2.34. The van der Waals surface area contributed by atoms with E-state index in [4.69, 9.17) is 4.74 Å². The molecule has 2 heterocycles. The number of ether oxygens (including phenoxy) is 2. The molecule has 14 heteroatoms. The molecule has 5 rings (SSSR count). The number of hydrogen-bond acceptors (Lipinski definition) is 7. The fourth-order valence-electron chi connectivity index (χ4n) is 4.61. The molecule has 0 aliphatic carbocycles. The zero-order valence-corrected chi connectivity index (χ0v) is 26.0. The van der Waals surface area contributed by atoms with Crippen LogP contribution in [0.3, 0.4) is 0 Å². The molecule has 1 aromatic heterocycles. The van der Waals surface area contributed by atoms with Crippen molar-refractivity contribution in [3.05, 3.63) is 89.5 Å². The van der Waals surface area contributed by atoms with Crippen molar-refractivity contribution in [3.8, 4) is 17.2 Å². The highest BCUT2D eigenvalue weighted by molar-refractivity contribution is 8.15. The predicted octanol–water partition coefficient (Wildman–Crippen LogP) is 7.44. The van der Waals surface area contributed by atoms with E-state index in [1.165, 1.54) is 59.0 Å². The average Bonchev–Trinajstić information content (AvgIpc) is 3.62. The van der Waals surface area contributed by atoms with Crippen molar-refractivity contribution in [2.75, 3.05) is 23.1 Å². The highest BCUT2D eigenvalue weighted by atomic mass is 32.2. The summed E-state index contributed by atoms with van der Waals surface area (Å²) in [6.45, 7) is 6.03. The third-order valence-electron chi connectivity index (χ3n) is 6.75. The number of nitrogens with one attached hydrogen (secondary N) is 1. The Kier molecular flexibility index (Phi) is 9.46. The molecule has 0 radical (unpaired) electrons. The van der Waals surface area contributed by atoms with Crippen LogP contribution in [0.2, 0.25) is 0 Å². The van der Waals surface area contributed by atoms with E-state index in [9.17, 15) is 22.8 Å². The van der Waals surface area contributed by atoms with Gasteiger partial charge in [0, 0.05) is 0 Å². The zero-order valence-electron chi connectivity index (χ0n) is 25.2. The minimum Gasteiger partial charge on any atom is -0.495 e. The zero-order chi connectivity index (χ0) is 33.0. The van der Waals surface area contributed by atoms with Gasteiger partial charge < -0.3 is 14.8 Å². The van der Waals surface area contributed by atoms with Gasteiger partial charge in [-0.15, -0.1) is 18.3 Å². The Hall–Kier alpha value is -5.11. The molecule has 1 fully saturated rings. The largest absolute Gasteiger partial charge is 0.573 e. The van der Waals surface area contributed by atoms with E-state index in [2.05, 4.69) is 25.1 Å². The number of anilines is 2. The Labute approximate surface area is 266 Å². The van der Waals surface area contributed by atoms with Gasteiger partial charge in [-0.25, -0.2) is 14.5 Å². The molecule has 0 unspecified atom stereocenters. The monoisotopic (exact) mass is 650 g/mol. The second-order valence-corrected chi connectivity index (χ2v) is 11.4. The van der Waals surface area contributed by atoms with Crippen LogP contribution in [0.15, 0.2) is 72.0 Å². The first-order chi connectivity index (χ1) is 21.9. The van der Waals surface area contributed by atoms with Gasteiger partial charge >= 0.3 is 12.4 Å². The Bertz CT molecular complexity index is 1820. The van der Waals surface area contributed by atoms with Crippen LogP contribution in [0, 0.1) is 6.92 Å². The summed E-state index contributed by atoms with van der Waals surface area (Å²) < 4.78 is 48.0. The van der Waals surface area contributed by atoms with E-state index in [-0.39, 0.29) is 23.3 Å². The maximum atomic E-state index is 13.0. The molecule has 238 valence electrons. The van der Waals surface area contributed by atoms with Crippen molar-refractivity contribution >= 4 is 52.4 Å². The first-order valence-corrected chi connectivity index (χ1v) is 15.0. The molecule has 0 bridgehead atoms. The third-order valence-corrected chi connectivity index (χ3v) is 7.67. The molecule has 46 heavy (non-hydrogen) atoms. The third kappa shape index (κ3) is 7.75. The standard InChI is InChI=1S/C32H29F3N6O4S/c1-19(2)24-12-5-20(3)15-26(24)41-29(42)17-46-31(41)38-30(43)37-25-13-6-21(16-27(25)44-4)7-14-28-36-18-40(39-28)22-8-10-23(11-9-22)45-32(33,34)35/h5-16,18-19H,17H2,1-4H3,(H,37,43). The molecule has 0 spiro atoms. The Morgan fingerprint density at radius 3 is 2.54 bits per heavy atom. The lowest BCUT2D eigenvalue weighted by molar-refractivity contribution is -0.274. The van der Waals surface area contributed by atoms with Gasteiger partial charge in [-0.2, -0.15) is 4.99 Å². The van der Waals surface area contributed by atoms with Crippen molar-refractivity contribution in [2.45, 2.75) is 33.1 Å². The number of aromatic nitrogens is 3. The lowest BCUT2D eigenvalue weighted by atomic mass is 9.99. The number of hydrogen-bond donors (Lipinski definition) is 1.